The predicted molar refractivity (Wildman–Crippen MR) is 45.0 cm³/mol. The van der Waals surface area contributed by atoms with Gasteiger partial charge in [-0.1, -0.05) is 6.07 Å². The highest BCUT2D eigenvalue weighted by atomic mass is 16.3. The van der Waals surface area contributed by atoms with E-state index in [1.165, 1.54) is 5.56 Å². The normalized spacial score (nSPS) is 13.4. The van der Waals surface area contributed by atoms with Crippen molar-refractivity contribution >= 4 is 11.6 Å². The molecule has 3 N–H and O–H groups in total. The Kier molecular flexibility index (Phi) is 1.23. The Balaban J connectivity index is 2.44. The molecule has 1 aromatic rings. The zero-order valence-corrected chi connectivity index (χ0v) is 6.04. The van der Waals surface area contributed by atoms with Crippen LogP contribution in [0.25, 0.3) is 11.6 Å². The number of aromatic hydroxyl groups is 1. The third-order valence-corrected chi connectivity index (χ3v) is 1.93. The van der Waals surface area contributed by atoms with Gasteiger partial charge in [0, 0.05) is 6.54 Å². The first kappa shape index (κ1) is 6.43. The van der Waals surface area contributed by atoms with Crippen LogP contribution in [0, 0.1) is 0 Å². The van der Waals surface area contributed by atoms with Crippen molar-refractivity contribution in [1.29, 1.82) is 0 Å². The Bertz CT molecular complexity index is 328. The SMILES string of the molecule is NCC1=Cc2ccc(O)cc21. The Hall–Kier alpha value is -1.28. The Morgan fingerprint density at radius 1 is 1.36 bits per heavy atom. The summed E-state index contributed by atoms with van der Waals surface area (Å²) in [4.78, 5) is 0. The van der Waals surface area contributed by atoms with Crippen LogP contribution < -0.4 is 5.73 Å². The molecule has 0 amide bonds. The average molecular weight is 147 g/mol. The van der Waals surface area contributed by atoms with Crippen LogP contribution in [0.4, 0.5) is 0 Å². The second kappa shape index (κ2) is 2.10. The molecule has 0 aliphatic heterocycles. The first-order valence-electron chi connectivity index (χ1n) is 3.55. The minimum Gasteiger partial charge on any atom is -0.508 e. The van der Waals surface area contributed by atoms with Crippen molar-refractivity contribution in [2.75, 3.05) is 6.54 Å². The monoisotopic (exact) mass is 147 g/mol. The summed E-state index contributed by atoms with van der Waals surface area (Å²) in [7, 11) is 0. The molecular formula is C9H9NO. The van der Waals surface area contributed by atoms with Crippen LogP contribution in [0.2, 0.25) is 0 Å². The highest BCUT2D eigenvalue weighted by Gasteiger charge is 2.14. The summed E-state index contributed by atoms with van der Waals surface area (Å²) in [6.45, 7) is 0.552. The van der Waals surface area contributed by atoms with E-state index in [4.69, 9.17) is 10.8 Å². The molecular weight excluding hydrogens is 138 g/mol. The van der Waals surface area contributed by atoms with Gasteiger partial charge in [-0.15, -0.1) is 0 Å². The molecule has 1 aromatic carbocycles. The molecule has 2 nitrogen and oxygen atoms in total. The number of nitrogens with two attached hydrogens (primary N) is 1. The fraction of sp³-hybridized carbons (Fsp3) is 0.111. The summed E-state index contributed by atoms with van der Waals surface area (Å²) in [6.07, 6.45) is 2.04. The minimum atomic E-state index is 0.308. The Morgan fingerprint density at radius 3 is 2.91 bits per heavy atom. The van der Waals surface area contributed by atoms with Gasteiger partial charge in [0.2, 0.25) is 0 Å². The van der Waals surface area contributed by atoms with E-state index in [1.54, 1.807) is 12.1 Å². The molecule has 2 rings (SSSR count). The first-order valence-corrected chi connectivity index (χ1v) is 3.55. The number of hydrogen-bond acceptors (Lipinski definition) is 2. The van der Waals surface area contributed by atoms with Crippen molar-refractivity contribution in [1.82, 2.24) is 0 Å². The molecule has 2 heteroatoms. The van der Waals surface area contributed by atoms with E-state index in [0.717, 1.165) is 11.1 Å². The number of phenols is 1. The summed E-state index contributed by atoms with van der Waals surface area (Å²) >= 11 is 0. The highest BCUT2D eigenvalue weighted by Crippen LogP contribution is 2.33. The molecule has 0 heterocycles. The van der Waals surface area contributed by atoms with Crippen molar-refractivity contribution in [3.8, 4) is 5.75 Å². The van der Waals surface area contributed by atoms with E-state index in [0.29, 0.717) is 12.3 Å². The summed E-state index contributed by atoms with van der Waals surface area (Å²) in [5.41, 5.74) is 8.83. The van der Waals surface area contributed by atoms with E-state index in [9.17, 15) is 0 Å². The van der Waals surface area contributed by atoms with Gasteiger partial charge in [0.25, 0.3) is 0 Å². The summed E-state index contributed by atoms with van der Waals surface area (Å²) in [5, 5.41) is 9.12. The summed E-state index contributed by atoms with van der Waals surface area (Å²) in [6, 6.07) is 5.32. The van der Waals surface area contributed by atoms with Crippen LogP contribution in [0.1, 0.15) is 11.1 Å². The van der Waals surface area contributed by atoms with Gasteiger partial charge < -0.3 is 10.8 Å². The average Bonchev–Trinajstić information content (AvgIpc) is 1.97. The molecule has 0 unspecified atom stereocenters. The molecule has 0 spiro atoms. The van der Waals surface area contributed by atoms with Gasteiger partial charge in [-0.25, -0.2) is 0 Å². The number of phenolic OH excluding ortho intramolecular Hbond substituents is 1. The van der Waals surface area contributed by atoms with Crippen LogP contribution in [-0.2, 0) is 0 Å². The van der Waals surface area contributed by atoms with Gasteiger partial charge in [-0.3, -0.25) is 0 Å². The zero-order chi connectivity index (χ0) is 7.84. The number of rotatable bonds is 1. The summed E-state index contributed by atoms with van der Waals surface area (Å²) < 4.78 is 0. The molecule has 0 radical (unpaired) electrons. The van der Waals surface area contributed by atoms with E-state index in [1.807, 2.05) is 12.1 Å². The highest BCUT2D eigenvalue weighted by molar-refractivity contribution is 5.96. The number of hydrogen-bond donors (Lipinski definition) is 2. The van der Waals surface area contributed by atoms with Crippen LogP contribution >= 0.6 is 0 Å². The predicted octanol–water partition coefficient (Wildman–Crippen LogP) is 1.20. The van der Waals surface area contributed by atoms with Crippen LogP contribution in [0.5, 0.6) is 5.75 Å². The lowest BCUT2D eigenvalue weighted by atomic mass is 9.88. The number of fused-ring (bicyclic) bond motifs is 1. The Labute approximate surface area is 65.0 Å². The zero-order valence-electron chi connectivity index (χ0n) is 6.04. The van der Waals surface area contributed by atoms with Crippen molar-refractivity contribution < 1.29 is 5.11 Å². The van der Waals surface area contributed by atoms with Crippen LogP contribution in [-0.4, -0.2) is 11.7 Å². The fourth-order valence-corrected chi connectivity index (χ4v) is 1.30. The van der Waals surface area contributed by atoms with Crippen molar-refractivity contribution in [2.45, 2.75) is 0 Å². The van der Waals surface area contributed by atoms with Gasteiger partial charge >= 0.3 is 0 Å². The van der Waals surface area contributed by atoms with Crippen LogP contribution in [0.15, 0.2) is 18.2 Å². The maximum absolute atomic E-state index is 9.12. The fourth-order valence-electron chi connectivity index (χ4n) is 1.30. The number of benzene rings is 1. The third-order valence-electron chi connectivity index (χ3n) is 1.93. The maximum Gasteiger partial charge on any atom is 0.116 e. The molecule has 0 atom stereocenters. The molecule has 0 aromatic heterocycles. The van der Waals surface area contributed by atoms with Gasteiger partial charge in [-0.2, -0.15) is 0 Å². The lowest BCUT2D eigenvalue weighted by Crippen LogP contribution is -2.08. The lowest BCUT2D eigenvalue weighted by molar-refractivity contribution is 0.475. The quantitative estimate of drug-likeness (QED) is 0.627. The second-order valence-corrected chi connectivity index (χ2v) is 2.65. The topological polar surface area (TPSA) is 46.2 Å². The van der Waals surface area contributed by atoms with Crippen LogP contribution in [0.3, 0.4) is 0 Å². The van der Waals surface area contributed by atoms with Crippen molar-refractivity contribution in [3.63, 3.8) is 0 Å². The molecule has 1 aliphatic carbocycles. The smallest absolute Gasteiger partial charge is 0.116 e. The standard InChI is InChI=1S/C9H9NO/c10-5-7-3-6-1-2-8(11)4-9(6)7/h1-4,11H,5,10H2. The molecule has 11 heavy (non-hydrogen) atoms. The Morgan fingerprint density at radius 2 is 2.18 bits per heavy atom. The van der Waals surface area contributed by atoms with Crippen molar-refractivity contribution in [3.05, 3.63) is 29.3 Å². The van der Waals surface area contributed by atoms with E-state index in [2.05, 4.69) is 0 Å². The maximum atomic E-state index is 9.12. The minimum absolute atomic E-state index is 0.308. The third kappa shape index (κ3) is 0.835. The molecule has 0 bridgehead atoms. The van der Waals surface area contributed by atoms with Gasteiger partial charge in [0.05, 0.1) is 0 Å². The van der Waals surface area contributed by atoms with Gasteiger partial charge in [0.1, 0.15) is 5.75 Å². The van der Waals surface area contributed by atoms with E-state index in [-0.39, 0.29) is 0 Å². The molecule has 0 saturated heterocycles. The van der Waals surface area contributed by atoms with E-state index >= 15 is 0 Å². The molecule has 1 aliphatic rings. The lowest BCUT2D eigenvalue weighted by Gasteiger charge is -2.18. The van der Waals surface area contributed by atoms with Gasteiger partial charge in [0.15, 0.2) is 0 Å². The summed E-state index contributed by atoms with van der Waals surface area (Å²) in [5.74, 6) is 0.308. The largest absolute Gasteiger partial charge is 0.508 e. The van der Waals surface area contributed by atoms with E-state index < -0.39 is 0 Å². The second-order valence-electron chi connectivity index (χ2n) is 2.65. The van der Waals surface area contributed by atoms with Crippen molar-refractivity contribution in [2.24, 2.45) is 5.73 Å². The molecule has 0 fully saturated rings. The molecule has 0 saturated carbocycles. The molecule has 56 valence electrons. The first-order chi connectivity index (χ1) is 5.31. The van der Waals surface area contributed by atoms with Gasteiger partial charge in [-0.05, 0) is 34.9 Å².